The van der Waals surface area contributed by atoms with Crippen LogP contribution in [0.1, 0.15) is 29.8 Å². The first kappa shape index (κ1) is 21.5. The maximum absolute atomic E-state index is 13.0. The zero-order valence-corrected chi connectivity index (χ0v) is 18.4. The van der Waals surface area contributed by atoms with E-state index < -0.39 is 9.84 Å². The fraction of sp³-hybridized carbons (Fsp3) is 0.174. The normalized spacial score (nSPS) is 11.6. The third-order valence-electron chi connectivity index (χ3n) is 4.68. The van der Waals surface area contributed by atoms with Crippen LogP contribution in [0.15, 0.2) is 83.1 Å². The number of fused-ring (bicyclic) bond motifs is 1. The summed E-state index contributed by atoms with van der Waals surface area (Å²) in [6.45, 7) is 4.01. The highest BCUT2D eigenvalue weighted by atomic mass is 32.2. The Morgan fingerprint density at radius 3 is 2.62 bits per heavy atom. The van der Waals surface area contributed by atoms with Gasteiger partial charge >= 0.3 is 0 Å². The van der Waals surface area contributed by atoms with Crippen molar-refractivity contribution < 1.29 is 17.9 Å². The lowest BCUT2D eigenvalue weighted by Crippen LogP contribution is -2.23. The van der Waals surface area contributed by atoms with Crippen LogP contribution in [0.2, 0.25) is 0 Å². The standard InChI is InChI=1S/C23H22N4O4S/c1-16(2)31-19-4-3-5-21(12-19)32(29,30)20-8-6-17(7-9-20)13-25-22(28)18-14-26-23-24-10-11-27(23)15-18/h3-12,14-16H,13H2,1-2H3,(H,25,28). The average Bonchev–Trinajstić information content (AvgIpc) is 3.25. The summed E-state index contributed by atoms with van der Waals surface area (Å²) in [5, 5.41) is 2.81. The minimum atomic E-state index is -3.69. The molecule has 2 aromatic heterocycles. The molecule has 0 fully saturated rings. The van der Waals surface area contributed by atoms with Crippen LogP contribution in [-0.2, 0) is 16.4 Å². The van der Waals surface area contributed by atoms with Gasteiger partial charge in [-0.15, -0.1) is 0 Å². The van der Waals surface area contributed by atoms with Crippen molar-refractivity contribution in [2.45, 2.75) is 36.3 Å². The number of aromatic nitrogens is 3. The molecule has 9 heteroatoms. The van der Waals surface area contributed by atoms with E-state index in [2.05, 4.69) is 15.3 Å². The van der Waals surface area contributed by atoms with Gasteiger partial charge in [-0.25, -0.2) is 18.4 Å². The van der Waals surface area contributed by atoms with Crippen LogP contribution < -0.4 is 10.1 Å². The number of rotatable bonds is 7. The minimum Gasteiger partial charge on any atom is -0.491 e. The predicted octanol–water partition coefficient (Wildman–Crippen LogP) is 3.28. The van der Waals surface area contributed by atoms with Gasteiger partial charge in [0.25, 0.3) is 5.91 Å². The second-order valence-corrected chi connectivity index (χ2v) is 9.40. The van der Waals surface area contributed by atoms with Gasteiger partial charge in [-0.1, -0.05) is 18.2 Å². The highest BCUT2D eigenvalue weighted by Gasteiger charge is 2.18. The van der Waals surface area contributed by atoms with E-state index in [1.807, 2.05) is 13.8 Å². The molecule has 0 spiro atoms. The molecule has 2 heterocycles. The van der Waals surface area contributed by atoms with E-state index in [1.165, 1.54) is 24.4 Å². The number of nitrogens with zero attached hydrogens (tertiary/aromatic N) is 3. The Morgan fingerprint density at radius 1 is 1.09 bits per heavy atom. The van der Waals surface area contributed by atoms with Gasteiger partial charge in [0.1, 0.15) is 5.75 Å². The van der Waals surface area contributed by atoms with Crippen molar-refractivity contribution in [1.82, 2.24) is 19.7 Å². The molecule has 0 aliphatic carbocycles. The third-order valence-corrected chi connectivity index (χ3v) is 6.45. The Kier molecular flexibility index (Phi) is 5.91. The van der Waals surface area contributed by atoms with E-state index >= 15 is 0 Å². The molecule has 4 aromatic rings. The largest absolute Gasteiger partial charge is 0.491 e. The van der Waals surface area contributed by atoms with Crippen LogP contribution in [0.4, 0.5) is 0 Å². The molecule has 164 valence electrons. The molecule has 0 aliphatic heterocycles. The Balaban J connectivity index is 1.45. The van der Waals surface area contributed by atoms with Crippen molar-refractivity contribution in [3.8, 4) is 5.75 Å². The molecule has 1 N–H and O–H groups in total. The first-order valence-electron chi connectivity index (χ1n) is 10.0. The molecule has 0 radical (unpaired) electrons. The van der Waals surface area contributed by atoms with Crippen molar-refractivity contribution >= 4 is 21.5 Å². The number of ether oxygens (including phenoxy) is 1. The number of carbonyl (C=O) groups is 1. The van der Waals surface area contributed by atoms with Crippen LogP contribution in [0.25, 0.3) is 5.78 Å². The summed E-state index contributed by atoms with van der Waals surface area (Å²) in [5.74, 6) is 0.732. The zero-order chi connectivity index (χ0) is 22.7. The van der Waals surface area contributed by atoms with Crippen molar-refractivity contribution in [1.29, 1.82) is 0 Å². The minimum absolute atomic E-state index is 0.0555. The van der Waals surface area contributed by atoms with Gasteiger partial charge in [0, 0.05) is 31.3 Å². The maximum Gasteiger partial charge on any atom is 0.254 e. The Morgan fingerprint density at radius 2 is 1.88 bits per heavy atom. The van der Waals surface area contributed by atoms with Crippen molar-refractivity contribution in [2.75, 3.05) is 0 Å². The number of nitrogens with one attached hydrogen (secondary N) is 1. The topological polar surface area (TPSA) is 103 Å². The maximum atomic E-state index is 13.0. The molecule has 0 unspecified atom stereocenters. The monoisotopic (exact) mass is 450 g/mol. The number of amides is 1. The molecule has 2 aromatic carbocycles. The van der Waals surface area contributed by atoms with E-state index in [4.69, 9.17) is 4.74 Å². The van der Waals surface area contributed by atoms with E-state index in [0.717, 1.165) is 5.56 Å². The molecule has 0 bridgehead atoms. The average molecular weight is 451 g/mol. The van der Waals surface area contributed by atoms with Gasteiger partial charge < -0.3 is 10.1 Å². The van der Waals surface area contributed by atoms with Crippen molar-refractivity contribution in [3.63, 3.8) is 0 Å². The van der Waals surface area contributed by atoms with Crippen LogP contribution in [0.5, 0.6) is 5.75 Å². The molecule has 4 rings (SSSR count). The number of sulfone groups is 1. The fourth-order valence-corrected chi connectivity index (χ4v) is 4.42. The Bertz CT molecular complexity index is 1360. The Labute approximate surface area is 185 Å². The molecule has 0 saturated heterocycles. The molecular weight excluding hydrogens is 428 g/mol. The predicted molar refractivity (Wildman–Crippen MR) is 118 cm³/mol. The molecule has 0 atom stereocenters. The summed E-state index contributed by atoms with van der Waals surface area (Å²) < 4.78 is 33.2. The van der Waals surface area contributed by atoms with Gasteiger partial charge in [0.15, 0.2) is 0 Å². The smallest absolute Gasteiger partial charge is 0.254 e. The summed E-state index contributed by atoms with van der Waals surface area (Å²) in [4.78, 5) is 20.9. The zero-order valence-electron chi connectivity index (χ0n) is 17.6. The van der Waals surface area contributed by atoms with Gasteiger partial charge in [0.2, 0.25) is 15.6 Å². The molecule has 0 saturated carbocycles. The van der Waals surface area contributed by atoms with Gasteiger partial charge in [0.05, 0.1) is 21.5 Å². The van der Waals surface area contributed by atoms with Crippen LogP contribution in [-0.4, -0.2) is 34.8 Å². The highest BCUT2D eigenvalue weighted by Crippen LogP contribution is 2.25. The summed E-state index contributed by atoms with van der Waals surface area (Å²) in [7, 11) is -3.69. The lowest BCUT2D eigenvalue weighted by Gasteiger charge is -2.11. The Hall–Kier alpha value is -3.72. The van der Waals surface area contributed by atoms with Gasteiger partial charge in [-0.2, -0.15) is 0 Å². The number of hydrogen-bond acceptors (Lipinski definition) is 6. The number of imidazole rings is 1. The lowest BCUT2D eigenvalue weighted by molar-refractivity contribution is 0.0950. The summed E-state index contributed by atoms with van der Waals surface area (Å²) in [5.41, 5.74) is 1.17. The van der Waals surface area contributed by atoms with Crippen LogP contribution >= 0.6 is 0 Å². The second-order valence-electron chi connectivity index (χ2n) is 7.45. The van der Waals surface area contributed by atoms with Crippen LogP contribution in [0.3, 0.4) is 0 Å². The molecule has 1 amide bonds. The molecule has 8 nitrogen and oxygen atoms in total. The highest BCUT2D eigenvalue weighted by molar-refractivity contribution is 7.91. The quantitative estimate of drug-likeness (QED) is 0.464. The van der Waals surface area contributed by atoms with E-state index in [0.29, 0.717) is 17.1 Å². The van der Waals surface area contributed by atoms with Gasteiger partial charge in [-0.3, -0.25) is 9.20 Å². The number of carbonyl (C=O) groups excluding carboxylic acids is 1. The number of hydrogen-bond donors (Lipinski definition) is 1. The van der Waals surface area contributed by atoms with Crippen molar-refractivity contribution in [2.24, 2.45) is 0 Å². The molecular formula is C23H22N4O4S. The summed E-state index contributed by atoms with van der Waals surface area (Å²) >= 11 is 0. The summed E-state index contributed by atoms with van der Waals surface area (Å²) in [6, 6.07) is 12.9. The molecule has 0 aliphatic rings. The SMILES string of the molecule is CC(C)Oc1cccc(S(=O)(=O)c2ccc(CNC(=O)c3cnc4nccn4c3)cc2)c1. The first-order valence-corrected chi connectivity index (χ1v) is 11.5. The van der Waals surface area contributed by atoms with E-state index in [-0.39, 0.29) is 28.3 Å². The van der Waals surface area contributed by atoms with E-state index in [1.54, 1.807) is 53.3 Å². The summed E-state index contributed by atoms with van der Waals surface area (Å²) in [6.07, 6.45) is 6.37. The van der Waals surface area contributed by atoms with E-state index in [9.17, 15) is 13.2 Å². The molecule has 32 heavy (non-hydrogen) atoms. The number of benzene rings is 2. The van der Waals surface area contributed by atoms with Gasteiger partial charge in [-0.05, 0) is 49.7 Å². The lowest BCUT2D eigenvalue weighted by atomic mass is 10.2. The fourth-order valence-electron chi connectivity index (χ4n) is 3.13. The first-order chi connectivity index (χ1) is 15.3. The third kappa shape index (κ3) is 4.62. The second kappa shape index (κ2) is 8.80. The van der Waals surface area contributed by atoms with Crippen molar-refractivity contribution in [3.05, 3.63) is 84.4 Å². The van der Waals surface area contributed by atoms with Crippen LogP contribution in [0, 0.1) is 0 Å².